The quantitative estimate of drug-likeness (QED) is 0.553. The Balaban J connectivity index is 2.52. The van der Waals surface area contributed by atoms with Crippen molar-refractivity contribution < 1.29 is 13.2 Å². The van der Waals surface area contributed by atoms with Crippen molar-refractivity contribution in [2.24, 2.45) is 0 Å². The third-order valence-corrected chi connectivity index (χ3v) is 1.65. The molecule has 60 valence electrons. The Labute approximate surface area is 57.6 Å². The maximum Gasteiger partial charge on any atom is 0.280 e. The highest BCUT2D eigenvalue weighted by molar-refractivity contribution is 4.81. The van der Waals surface area contributed by atoms with Crippen LogP contribution in [-0.4, -0.2) is 25.2 Å². The van der Waals surface area contributed by atoms with Crippen molar-refractivity contribution in [2.75, 3.05) is 13.1 Å². The molecule has 1 atom stereocenters. The topological polar surface area (TPSA) is 12.0 Å². The largest absolute Gasteiger partial charge is 0.314 e. The fourth-order valence-corrected chi connectivity index (χ4v) is 0.984. The van der Waals surface area contributed by atoms with E-state index in [1.165, 1.54) is 0 Å². The second-order valence-electron chi connectivity index (χ2n) is 2.54. The predicted molar refractivity (Wildman–Crippen MR) is 31.9 cm³/mol. The van der Waals surface area contributed by atoms with E-state index < -0.39 is 12.1 Å². The van der Waals surface area contributed by atoms with Crippen molar-refractivity contribution in [3.05, 3.63) is 0 Å². The van der Waals surface area contributed by atoms with Crippen LogP contribution in [0.15, 0.2) is 0 Å². The molecule has 0 amide bonds. The average Bonchev–Trinajstić information content (AvgIpc) is 1.96. The summed E-state index contributed by atoms with van der Waals surface area (Å²) in [6, 6.07) is 0. The number of hydrogen-bond donors (Lipinski definition) is 1. The Hall–Kier alpha value is -0.250. The summed E-state index contributed by atoms with van der Waals surface area (Å²) in [5.41, 5.74) is 0. The number of hydrogen-bond acceptors (Lipinski definition) is 1. The van der Waals surface area contributed by atoms with Crippen molar-refractivity contribution in [3.8, 4) is 0 Å². The van der Waals surface area contributed by atoms with E-state index >= 15 is 0 Å². The van der Waals surface area contributed by atoms with Crippen LogP contribution < -0.4 is 5.32 Å². The summed E-state index contributed by atoms with van der Waals surface area (Å²) in [6.07, 6.45) is -1.98. The molecular weight excluding hydrogens is 143 g/mol. The molecule has 1 saturated heterocycles. The average molecular weight is 153 g/mol. The maximum atomic E-state index is 12.4. The molecule has 1 N–H and O–H groups in total. The minimum absolute atomic E-state index is 0.215. The molecule has 1 aliphatic heterocycles. The van der Waals surface area contributed by atoms with E-state index in [4.69, 9.17) is 0 Å². The summed E-state index contributed by atoms with van der Waals surface area (Å²) in [7, 11) is 0. The predicted octanol–water partition coefficient (Wildman–Crippen LogP) is 1.34. The van der Waals surface area contributed by atoms with E-state index in [0.717, 1.165) is 0 Å². The van der Waals surface area contributed by atoms with Gasteiger partial charge in [0.2, 0.25) is 0 Å². The van der Waals surface area contributed by atoms with Crippen LogP contribution in [0.4, 0.5) is 13.2 Å². The molecule has 0 radical (unpaired) electrons. The maximum absolute atomic E-state index is 12.4. The third kappa shape index (κ3) is 1.62. The molecule has 0 spiro atoms. The molecule has 0 saturated carbocycles. The minimum atomic E-state index is -3.11. The van der Waals surface area contributed by atoms with Crippen molar-refractivity contribution in [1.29, 1.82) is 0 Å². The van der Waals surface area contributed by atoms with Gasteiger partial charge in [-0.05, 0) is 13.0 Å². The number of rotatable bonds is 0. The van der Waals surface area contributed by atoms with E-state index in [1.807, 2.05) is 0 Å². The summed E-state index contributed by atoms with van der Waals surface area (Å²) in [6.45, 7) is 0.281. The smallest absolute Gasteiger partial charge is 0.280 e. The van der Waals surface area contributed by atoms with Gasteiger partial charge in [0, 0.05) is 13.0 Å². The van der Waals surface area contributed by atoms with Crippen LogP contribution in [0.25, 0.3) is 0 Å². The van der Waals surface area contributed by atoms with E-state index in [-0.39, 0.29) is 13.0 Å². The van der Waals surface area contributed by atoms with Crippen LogP contribution in [0.3, 0.4) is 0 Å². The lowest BCUT2D eigenvalue weighted by Crippen LogP contribution is -2.34. The fraction of sp³-hybridized carbons (Fsp3) is 1.00. The van der Waals surface area contributed by atoms with Crippen LogP contribution in [0.1, 0.15) is 12.8 Å². The summed E-state index contributed by atoms with van der Waals surface area (Å²) < 4.78 is 37.3. The first-order chi connectivity index (χ1) is 4.63. The van der Waals surface area contributed by atoms with E-state index in [0.29, 0.717) is 13.0 Å². The van der Waals surface area contributed by atoms with E-state index in [2.05, 4.69) is 5.32 Å². The molecule has 0 aromatic rings. The zero-order valence-corrected chi connectivity index (χ0v) is 5.54. The van der Waals surface area contributed by atoms with Crippen LogP contribution in [0.2, 0.25) is 0 Å². The number of nitrogens with one attached hydrogen (secondary N) is 1. The highest BCUT2D eigenvalue weighted by Crippen LogP contribution is 2.27. The lowest BCUT2D eigenvalue weighted by atomic mass is 10.1. The molecule has 0 aromatic heterocycles. The van der Waals surface area contributed by atoms with Crippen LogP contribution in [0, 0.1) is 0 Å². The first-order valence-electron chi connectivity index (χ1n) is 3.35. The molecule has 0 bridgehead atoms. The van der Waals surface area contributed by atoms with E-state index in [1.54, 1.807) is 0 Å². The molecule has 0 unspecified atom stereocenters. The SMILES string of the molecule is F[C@@H]1CNCCCC1(F)F. The molecule has 0 aromatic carbocycles. The zero-order chi connectivity index (χ0) is 7.61. The Morgan fingerprint density at radius 1 is 1.40 bits per heavy atom. The standard InChI is InChI=1S/C6H10F3N/c7-5-4-10-3-1-2-6(5,8)9/h5,10H,1-4H2/t5-/m1/s1. The first kappa shape index (κ1) is 7.85. The molecular formula is C6H10F3N. The van der Waals surface area contributed by atoms with Crippen LogP contribution in [0.5, 0.6) is 0 Å². The molecule has 1 nitrogen and oxygen atoms in total. The van der Waals surface area contributed by atoms with Gasteiger partial charge >= 0.3 is 0 Å². The third-order valence-electron chi connectivity index (χ3n) is 1.65. The van der Waals surface area contributed by atoms with Crippen molar-refractivity contribution >= 4 is 0 Å². The second-order valence-corrected chi connectivity index (χ2v) is 2.54. The van der Waals surface area contributed by atoms with Gasteiger partial charge in [-0.15, -0.1) is 0 Å². The molecule has 10 heavy (non-hydrogen) atoms. The molecule has 4 heteroatoms. The van der Waals surface area contributed by atoms with Gasteiger partial charge in [0.1, 0.15) is 0 Å². The highest BCUT2D eigenvalue weighted by Gasteiger charge is 2.40. The van der Waals surface area contributed by atoms with Crippen molar-refractivity contribution in [2.45, 2.75) is 24.9 Å². The van der Waals surface area contributed by atoms with Crippen molar-refractivity contribution in [1.82, 2.24) is 5.32 Å². The number of alkyl halides is 3. The van der Waals surface area contributed by atoms with Gasteiger partial charge in [-0.1, -0.05) is 0 Å². The Morgan fingerprint density at radius 3 is 2.80 bits per heavy atom. The van der Waals surface area contributed by atoms with Crippen LogP contribution >= 0.6 is 0 Å². The van der Waals surface area contributed by atoms with Gasteiger partial charge < -0.3 is 5.32 Å². The lowest BCUT2D eigenvalue weighted by Gasteiger charge is -2.16. The molecule has 1 rings (SSSR count). The summed E-state index contributed by atoms with van der Waals surface area (Å²) >= 11 is 0. The Bertz CT molecular complexity index is 116. The van der Waals surface area contributed by atoms with Gasteiger partial charge in [0.25, 0.3) is 5.92 Å². The molecule has 1 heterocycles. The second kappa shape index (κ2) is 2.78. The monoisotopic (exact) mass is 153 g/mol. The van der Waals surface area contributed by atoms with Gasteiger partial charge in [0.05, 0.1) is 0 Å². The van der Waals surface area contributed by atoms with Crippen molar-refractivity contribution in [3.63, 3.8) is 0 Å². The van der Waals surface area contributed by atoms with Gasteiger partial charge in [-0.2, -0.15) is 0 Å². The lowest BCUT2D eigenvalue weighted by molar-refractivity contribution is -0.0714. The molecule has 1 fully saturated rings. The Morgan fingerprint density at radius 2 is 2.10 bits per heavy atom. The van der Waals surface area contributed by atoms with Crippen LogP contribution in [-0.2, 0) is 0 Å². The minimum Gasteiger partial charge on any atom is -0.314 e. The Kier molecular flexibility index (Phi) is 2.18. The summed E-state index contributed by atoms with van der Waals surface area (Å²) in [4.78, 5) is 0. The van der Waals surface area contributed by atoms with Gasteiger partial charge in [-0.25, -0.2) is 13.2 Å². The van der Waals surface area contributed by atoms with Gasteiger partial charge in [-0.3, -0.25) is 0 Å². The number of halogens is 3. The van der Waals surface area contributed by atoms with E-state index in [9.17, 15) is 13.2 Å². The molecule has 0 aliphatic carbocycles. The van der Waals surface area contributed by atoms with Gasteiger partial charge in [0.15, 0.2) is 6.17 Å². The molecule has 1 aliphatic rings. The summed E-state index contributed by atoms with van der Waals surface area (Å²) in [5, 5.41) is 2.60. The highest BCUT2D eigenvalue weighted by atomic mass is 19.3. The fourth-order valence-electron chi connectivity index (χ4n) is 0.984. The first-order valence-corrected chi connectivity index (χ1v) is 3.35. The normalized spacial score (nSPS) is 33.3. The summed E-state index contributed by atoms with van der Waals surface area (Å²) in [5.74, 6) is -3.11. The zero-order valence-electron chi connectivity index (χ0n) is 5.54.